The molecule has 0 saturated carbocycles. The largest absolute Gasteiger partial charge is 0.339 e. The highest BCUT2D eigenvalue weighted by Gasteiger charge is 2.19. The molecule has 1 unspecified atom stereocenters. The van der Waals surface area contributed by atoms with Gasteiger partial charge >= 0.3 is 0 Å². The van der Waals surface area contributed by atoms with Gasteiger partial charge in [-0.25, -0.2) is 0 Å². The summed E-state index contributed by atoms with van der Waals surface area (Å²) in [5.41, 5.74) is 0. The number of piperidine rings is 1. The van der Waals surface area contributed by atoms with E-state index >= 15 is 0 Å². The molecule has 0 radical (unpaired) electrons. The summed E-state index contributed by atoms with van der Waals surface area (Å²) in [5, 5.41) is 3.44. The standard InChI is InChI=1S/C12H17ClN2OS/c1-15(8-9-4-2-3-7-14-9)12(16)10-5-6-11(13)17-10/h5-6,9,14H,2-4,7-8H2,1H3. The van der Waals surface area contributed by atoms with Crippen LogP contribution in [0.3, 0.4) is 0 Å². The molecule has 2 heterocycles. The lowest BCUT2D eigenvalue weighted by Crippen LogP contribution is -2.44. The predicted octanol–water partition coefficient (Wildman–Crippen LogP) is 2.62. The third kappa shape index (κ3) is 3.44. The monoisotopic (exact) mass is 272 g/mol. The summed E-state index contributed by atoms with van der Waals surface area (Å²) in [6.07, 6.45) is 3.65. The van der Waals surface area contributed by atoms with Crippen LogP contribution in [0.5, 0.6) is 0 Å². The van der Waals surface area contributed by atoms with E-state index in [0.717, 1.165) is 19.5 Å². The van der Waals surface area contributed by atoms with E-state index in [1.165, 1.54) is 24.2 Å². The summed E-state index contributed by atoms with van der Waals surface area (Å²) in [5.74, 6) is 0.0641. The first kappa shape index (κ1) is 12.9. The summed E-state index contributed by atoms with van der Waals surface area (Å²) in [6.45, 7) is 1.84. The molecule has 0 bridgehead atoms. The lowest BCUT2D eigenvalue weighted by Gasteiger charge is -2.28. The van der Waals surface area contributed by atoms with E-state index in [9.17, 15) is 4.79 Å². The molecule has 1 fully saturated rings. The maximum absolute atomic E-state index is 12.1. The van der Waals surface area contributed by atoms with Crippen molar-refractivity contribution in [3.8, 4) is 0 Å². The topological polar surface area (TPSA) is 32.3 Å². The summed E-state index contributed by atoms with van der Waals surface area (Å²) in [4.78, 5) is 14.6. The third-order valence-corrected chi connectivity index (χ3v) is 4.26. The zero-order valence-electron chi connectivity index (χ0n) is 9.91. The van der Waals surface area contributed by atoms with Crippen LogP contribution in [0, 0.1) is 0 Å². The van der Waals surface area contributed by atoms with E-state index in [1.54, 1.807) is 17.0 Å². The Morgan fingerprint density at radius 1 is 1.59 bits per heavy atom. The van der Waals surface area contributed by atoms with Crippen molar-refractivity contribution in [2.24, 2.45) is 0 Å². The number of amides is 1. The van der Waals surface area contributed by atoms with E-state index in [1.807, 2.05) is 7.05 Å². The van der Waals surface area contributed by atoms with Crippen LogP contribution in [0.15, 0.2) is 12.1 Å². The predicted molar refractivity (Wildman–Crippen MR) is 71.9 cm³/mol. The van der Waals surface area contributed by atoms with Crippen LogP contribution in [0.2, 0.25) is 4.34 Å². The Morgan fingerprint density at radius 3 is 3.00 bits per heavy atom. The molecule has 3 nitrogen and oxygen atoms in total. The number of rotatable bonds is 3. The fourth-order valence-electron chi connectivity index (χ4n) is 2.11. The number of thiophene rings is 1. The molecule has 1 N–H and O–H groups in total. The quantitative estimate of drug-likeness (QED) is 0.917. The molecule has 0 spiro atoms. The van der Waals surface area contributed by atoms with Gasteiger partial charge in [-0.1, -0.05) is 18.0 Å². The van der Waals surface area contributed by atoms with Crippen LogP contribution >= 0.6 is 22.9 Å². The number of carbonyl (C=O) groups excluding carboxylic acids is 1. The molecule has 94 valence electrons. The van der Waals surface area contributed by atoms with E-state index in [-0.39, 0.29) is 5.91 Å². The molecule has 1 aromatic rings. The Bertz CT molecular complexity index is 388. The minimum Gasteiger partial charge on any atom is -0.339 e. The Labute approximate surface area is 111 Å². The Kier molecular flexibility index (Phi) is 4.42. The third-order valence-electron chi connectivity index (χ3n) is 3.04. The highest BCUT2D eigenvalue weighted by atomic mass is 35.5. The summed E-state index contributed by atoms with van der Waals surface area (Å²) in [7, 11) is 1.85. The van der Waals surface area contributed by atoms with Gasteiger partial charge in [0.2, 0.25) is 0 Å². The van der Waals surface area contributed by atoms with Gasteiger partial charge in [-0.05, 0) is 31.5 Å². The van der Waals surface area contributed by atoms with Gasteiger partial charge < -0.3 is 10.2 Å². The number of hydrogen-bond acceptors (Lipinski definition) is 3. The summed E-state index contributed by atoms with van der Waals surface area (Å²) in [6, 6.07) is 4.00. The van der Waals surface area contributed by atoms with Crippen molar-refractivity contribution in [2.75, 3.05) is 20.1 Å². The van der Waals surface area contributed by atoms with E-state index in [4.69, 9.17) is 11.6 Å². The van der Waals surface area contributed by atoms with Gasteiger partial charge in [-0.2, -0.15) is 0 Å². The lowest BCUT2D eigenvalue weighted by molar-refractivity contribution is 0.0780. The molecule has 5 heteroatoms. The molecular formula is C12H17ClN2OS. The van der Waals surface area contributed by atoms with Gasteiger partial charge in [0.25, 0.3) is 5.91 Å². The second kappa shape index (κ2) is 5.85. The minimum atomic E-state index is 0.0641. The molecule has 0 aromatic carbocycles. The van der Waals surface area contributed by atoms with Crippen molar-refractivity contribution in [3.05, 3.63) is 21.3 Å². The first-order chi connectivity index (χ1) is 8.16. The van der Waals surface area contributed by atoms with Gasteiger partial charge in [0.1, 0.15) is 0 Å². The normalized spacial score (nSPS) is 20.2. The van der Waals surface area contributed by atoms with Crippen molar-refractivity contribution in [1.82, 2.24) is 10.2 Å². The van der Waals surface area contributed by atoms with Gasteiger partial charge in [0.05, 0.1) is 9.21 Å². The number of hydrogen-bond donors (Lipinski definition) is 1. The lowest BCUT2D eigenvalue weighted by atomic mass is 10.0. The molecule has 0 aliphatic carbocycles. The Balaban J connectivity index is 1.90. The van der Waals surface area contributed by atoms with Gasteiger partial charge in [-0.15, -0.1) is 11.3 Å². The van der Waals surface area contributed by atoms with Crippen LogP contribution in [-0.2, 0) is 0 Å². The zero-order chi connectivity index (χ0) is 12.3. The number of carbonyl (C=O) groups is 1. The smallest absolute Gasteiger partial charge is 0.263 e. The summed E-state index contributed by atoms with van der Waals surface area (Å²) >= 11 is 7.18. The molecule has 1 amide bonds. The fourth-order valence-corrected chi connectivity index (χ4v) is 3.15. The van der Waals surface area contributed by atoms with Crippen molar-refractivity contribution < 1.29 is 4.79 Å². The number of nitrogens with zero attached hydrogens (tertiary/aromatic N) is 1. The molecule has 17 heavy (non-hydrogen) atoms. The first-order valence-electron chi connectivity index (χ1n) is 5.91. The van der Waals surface area contributed by atoms with Gasteiger partial charge in [0, 0.05) is 19.6 Å². The number of halogens is 1. The van der Waals surface area contributed by atoms with Crippen LogP contribution in [0.25, 0.3) is 0 Å². The molecule has 1 aliphatic rings. The molecule has 1 aromatic heterocycles. The summed E-state index contributed by atoms with van der Waals surface area (Å²) < 4.78 is 0.664. The van der Waals surface area contributed by atoms with E-state index in [2.05, 4.69) is 5.32 Å². The van der Waals surface area contributed by atoms with Crippen LogP contribution < -0.4 is 5.32 Å². The number of nitrogens with one attached hydrogen (secondary N) is 1. The van der Waals surface area contributed by atoms with E-state index in [0.29, 0.717) is 15.3 Å². The Hall–Kier alpha value is -0.580. The van der Waals surface area contributed by atoms with Gasteiger partial charge in [0.15, 0.2) is 0 Å². The highest BCUT2D eigenvalue weighted by Crippen LogP contribution is 2.22. The molecule has 2 rings (SSSR count). The number of likely N-dealkylation sites (N-methyl/N-ethyl adjacent to an activating group) is 1. The highest BCUT2D eigenvalue weighted by molar-refractivity contribution is 7.17. The maximum atomic E-state index is 12.1. The molecule has 1 saturated heterocycles. The van der Waals surface area contributed by atoms with Crippen LogP contribution in [0.4, 0.5) is 0 Å². The average molecular weight is 273 g/mol. The van der Waals surface area contributed by atoms with E-state index < -0.39 is 0 Å². The molecule has 1 atom stereocenters. The maximum Gasteiger partial charge on any atom is 0.263 e. The SMILES string of the molecule is CN(CC1CCCCN1)C(=O)c1ccc(Cl)s1. The first-order valence-corrected chi connectivity index (χ1v) is 7.10. The average Bonchev–Trinajstić information content (AvgIpc) is 2.76. The van der Waals surface area contributed by atoms with Crippen molar-refractivity contribution >= 4 is 28.8 Å². The van der Waals surface area contributed by atoms with Crippen LogP contribution in [-0.4, -0.2) is 37.0 Å². The van der Waals surface area contributed by atoms with Crippen molar-refractivity contribution in [3.63, 3.8) is 0 Å². The fraction of sp³-hybridized carbons (Fsp3) is 0.583. The van der Waals surface area contributed by atoms with Gasteiger partial charge in [-0.3, -0.25) is 4.79 Å². The van der Waals surface area contributed by atoms with Crippen molar-refractivity contribution in [1.29, 1.82) is 0 Å². The molecule has 1 aliphatic heterocycles. The second-order valence-electron chi connectivity index (χ2n) is 4.44. The van der Waals surface area contributed by atoms with Crippen LogP contribution in [0.1, 0.15) is 28.9 Å². The minimum absolute atomic E-state index is 0.0641. The Morgan fingerprint density at radius 2 is 2.41 bits per heavy atom. The second-order valence-corrected chi connectivity index (χ2v) is 6.15. The molecular weight excluding hydrogens is 256 g/mol. The zero-order valence-corrected chi connectivity index (χ0v) is 11.5. The van der Waals surface area contributed by atoms with Crippen molar-refractivity contribution in [2.45, 2.75) is 25.3 Å².